The maximum absolute atomic E-state index is 11.1. The molecule has 106 valence electrons. The average Bonchev–Trinajstić information content (AvgIpc) is 2.28. The monoisotopic (exact) mass is 272 g/mol. The van der Waals surface area contributed by atoms with Crippen molar-refractivity contribution in [3.8, 4) is 0 Å². The molecule has 0 spiro atoms. The molecule has 0 unspecified atom stereocenters. The third kappa shape index (κ3) is 4.99. The van der Waals surface area contributed by atoms with Crippen LogP contribution in [0, 0.1) is 0 Å². The minimum absolute atomic E-state index is 0.102. The van der Waals surface area contributed by atoms with Crippen LogP contribution >= 0.6 is 0 Å². The largest absolute Gasteiger partial charge is 0.491 e. The molecule has 1 heterocycles. The quantitative estimate of drug-likeness (QED) is 0.538. The second-order valence-electron chi connectivity index (χ2n) is 3.95. The molecule has 0 saturated carbocycles. The highest BCUT2D eigenvalue weighted by Gasteiger charge is 2.37. The molecule has 7 nitrogen and oxygen atoms in total. The fourth-order valence-corrected chi connectivity index (χ4v) is 1.59. The van der Waals surface area contributed by atoms with E-state index >= 15 is 0 Å². The smallest absolute Gasteiger partial charge is 0.303 e. The van der Waals surface area contributed by atoms with Crippen LogP contribution in [0.5, 0.6) is 0 Å². The number of ether oxygens (including phenoxy) is 4. The lowest BCUT2D eigenvalue weighted by atomic mass is 10.1. The fraction of sp³-hybridized carbons (Fsp3) is 0.583. The maximum atomic E-state index is 11.1. The molecule has 0 N–H and O–H groups in total. The maximum Gasteiger partial charge on any atom is 0.303 e. The Balaban J connectivity index is 2.77. The minimum atomic E-state index is -0.856. The molecule has 0 aromatic rings. The molecule has 0 aromatic carbocycles. The Labute approximate surface area is 110 Å². The van der Waals surface area contributed by atoms with Gasteiger partial charge in [-0.3, -0.25) is 14.4 Å². The van der Waals surface area contributed by atoms with Crippen molar-refractivity contribution in [3.05, 3.63) is 12.3 Å². The van der Waals surface area contributed by atoms with E-state index in [0.717, 1.165) is 0 Å². The molecule has 19 heavy (non-hydrogen) atoms. The van der Waals surface area contributed by atoms with E-state index in [1.165, 1.54) is 33.1 Å². The van der Waals surface area contributed by atoms with Gasteiger partial charge < -0.3 is 18.9 Å². The van der Waals surface area contributed by atoms with E-state index in [9.17, 15) is 14.4 Å². The Bertz CT molecular complexity index is 388. The topological polar surface area (TPSA) is 88.1 Å². The first-order chi connectivity index (χ1) is 8.90. The Morgan fingerprint density at radius 2 is 1.68 bits per heavy atom. The highest BCUT2D eigenvalue weighted by molar-refractivity contribution is 5.68. The van der Waals surface area contributed by atoms with Crippen molar-refractivity contribution in [1.82, 2.24) is 0 Å². The molecule has 1 rings (SSSR count). The molecular formula is C12H16O7. The summed E-state index contributed by atoms with van der Waals surface area (Å²) in [5, 5.41) is 0. The van der Waals surface area contributed by atoms with Crippen molar-refractivity contribution in [2.45, 2.75) is 39.1 Å². The highest BCUT2D eigenvalue weighted by atomic mass is 16.6. The van der Waals surface area contributed by atoms with Crippen molar-refractivity contribution in [3.63, 3.8) is 0 Å². The van der Waals surface area contributed by atoms with Crippen molar-refractivity contribution in [2.75, 3.05) is 6.61 Å². The molecule has 0 saturated heterocycles. The lowest BCUT2D eigenvalue weighted by Gasteiger charge is -2.32. The van der Waals surface area contributed by atoms with Crippen molar-refractivity contribution in [2.24, 2.45) is 0 Å². The van der Waals surface area contributed by atoms with Crippen LogP contribution in [-0.4, -0.2) is 42.8 Å². The lowest BCUT2D eigenvalue weighted by Crippen LogP contribution is -2.47. The summed E-state index contributed by atoms with van der Waals surface area (Å²) in [6.07, 6.45) is 0.435. The van der Waals surface area contributed by atoms with Crippen molar-refractivity contribution >= 4 is 17.9 Å². The summed E-state index contributed by atoms with van der Waals surface area (Å²) in [7, 11) is 0. The SMILES string of the molecule is CC(=O)OC[C@@H]1OC=C[C@H](OC(C)=O)[C@H]1OC(C)=O. The first kappa shape index (κ1) is 15.0. The predicted octanol–water partition coefficient (Wildman–Crippen LogP) is 0.325. The summed E-state index contributed by atoms with van der Waals surface area (Å²) in [5.41, 5.74) is 0. The standard InChI is InChI=1S/C12H16O7/c1-7(13)17-6-11-12(19-9(3)15)10(4-5-16-11)18-8(2)14/h4-5,10-12H,6H2,1-3H3/t10-,11-,12+/m0/s1. The van der Waals surface area contributed by atoms with Crippen LogP contribution in [-0.2, 0) is 33.3 Å². The summed E-state index contributed by atoms with van der Waals surface area (Å²) in [4.78, 5) is 32.9. The third-order valence-electron chi connectivity index (χ3n) is 2.27. The first-order valence-corrected chi connectivity index (χ1v) is 5.70. The van der Waals surface area contributed by atoms with E-state index < -0.39 is 36.2 Å². The molecule has 7 heteroatoms. The molecular weight excluding hydrogens is 256 g/mol. The van der Waals surface area contributed by atoms with Gasteiger partial charge in [0.2, 0.25) is 0 Å². The van der Waals surface area contributed by atoms with E-state index in [4.69, 9.17) is 18.9 Å². The normalized spacial score (nSPS) is 25.1. The van der Waals surface area contributed by atoms with Crippen LogP contribution in [0.15, 0.2) is 12.3 Å². The zero-order valence-corrected chi connectivity index (χ0v) is 11.0. The van der Waals surface area contributed by atoms with Gasteiger partial charge in [-0.1, -0.05) is 0 Å². The van der Waals surface area contributed by atoms with Gasteiger partial charge in [-0.05, 0) is 6.08 Å². The molecule has 0 bridgehead atoms. The van der Waals surface area contributed by atoms with Crippen LogP contribution < -0.4 is 0 Å². The van der Waals surface area contributed by atoms with Crippen LogP contribution in [0.25, 0.3) is 0 Å². The zero-order chi connectivity index (χ0) is 14.4. The fourth-order valence-electron chi connectivity index (χ4n) is 1.59. The molecule has 3 atom stereocenters. The van der Waals surface area contributed by atoms with Gasteiger partial charge in [-0.15, -0.1) is 0 Å². The number of hydrogen-bond acceptors (Lipinski definition) is 7. The van der Waals surface area contributed by atoms with Gasteiger partial charge in [0.05, 0.1) is 6.26 Å². The summed E-state index contributed by atoms with van der Waals surface area (Å²) >= 11 is 0. The van der Waals surface area contributed by atoms with Crippen LogP contribution in [0.2, 0.25) is 0 Å². The Morgan fingerprint density at radius 3 is 2.21 bits per heavy atom. The molecule has 0 aliphatic carbocycles. The van der Waals surface area contributed by atoms with Crippen molar-refractivity contribution in [1.29, 1.82) is 0 Å². The highest BCUT2D eigenvalue weighted by Crippen LogP contribution is 2.19. The van der Waals surface area contributed by atoms with E-state index in [-0.39, 0.29) is 6.61 Å². The number of esters is 3. The van der Waals surface area contributed by atoms with Crippen LogP contribution in [0.3, 0.4) is 0 Å². The molecule has 0 radical (unpaired) electrons. The number of carbonyl (C=O) groups is 3. The second kappa shape index (κ2) is 6.77. The first-order valence-electron chi connectivity index (χ1n) is 5.70. The van der Waals surface area contributed by atoms with E-state index in [1.807, 2.05) is 0 Å². The summed E-state index contributed by atoms with van der Waals surface area (Å²) < 4.78 is 20.1. The molecule has 0 aromatic heterocycles. The number of carbonyl (C=O) groups excluding carboxylic acids is 3. The van der Waals surface area contributed by atoms with E-state index in [0.29, 0.717) is 0 Å². The van der Waals surface area contributed by atoms with Gasteiger partial charge >= 0.3 is 17.9 Å². The Morgan fingerprint density at radius 1 is 1.05 bits per heavy atom. The molecule has 0 fully saturated rings. The Kier molecular flexibility index (Phi) is 5.35. The zero-order valence-electron chi connectivity index (χ0n) is 11.0. The minimum Gasteiger partial charge on any atom is -0.491 e. The molecule has 0 amide bonds. The van der Waals surface area contributed by atoms with Crippen LogP contribution in [0.4, 0.5) is 0 Å². The number of hydrogen-bond donors (Lipinski definition) is 0. The lowest BCUT2D eigenvalue weighted by molar-refractivity contribution is -0.178. The van der Waals surface area contributed by atoms with Gasteiger partial charge in [0, 0.05) is 20.8 Å². The third-order valence-corrected chi connectivity index (χ3v) is 2.27. The summed E-state index contributed by atoms with van der Waals surface area (Å²) in [5.74, 6) is -1.54. The van der Waals surface area contributed by atoms with Gasteiger partial charge in [-0.2, -0.15) is 0 Å². The molecule has 1 aliphatic heterocycles. The molecule has 1 aliphatic rings. The summed E-state index contributed by atoms with van der Waals surface area (Å²) in [6.45, 7) is 3.62. The van der Waals surface area contributed by atoms with Gasteiger partial charge in [0.25, 0.3) is 0 Å². The van der Waals surface area contributed by atoms with Crippen LogP contribution in [0.1, 0.15) is 20.8 Å². The van der Waals surface area contributed by atoms with Gasteiger partial charge in [0.1, 0.15) is 6.61 Å². The van der Waals surface area contributed by atoms with Gasteiger partial charge in [0.15, 0.2) is 18.3 Å². The average molecular weight is 272 g/mol. The second-order valence-corrected chi connectivity index (χ2v) is 3.95. The van der Waals surface area contributed by atoms with Crippen molar-refractivity contribution < 1.29 is 33.3 Å². The summed E-state index contributed by atoms with van der Waals surface area (Å²) in [6, 6.07) is 0. The predicted molar refractivity (Wildman–Crippen MR) is 61.8 cm³/mol. The number of rotatable bonds is 4. The van der Waals surface area contributed by atoms with E-state index in [2.05, 4.69) is 0 Å². The Hall–Kier alpha value is -2.05. The van der Waals surface area contributed by atoms with Gasteiger partial charge in [-0.25, -0.2) is 0 Å². The van der Waals surface area contributed by atoms with E-state index in [1.54, 1.807) is 0 Å².